The van der Waals surface area contributed by atoms with Crippen LogP contribution < -0.4 is 5.32 Å². The number of hydrogen-bond donors (Lipinski definition) is 1. The summed E-state index contributed by atoms with van der Waals surface area (Å²) in [4.78, 5) is 7.89. The van der Waals surface area contributed by atoms with Crippen molar-refractivity contribution in [1.29, 1.82) is 0 Å². The van der Waals surface area contributed by atoms with E-state index in [9.17, 15) is 0 Å². The van der Waals surface area contributed by atoms with Crippen LogP contribution in [-0.4, -0.2) is 23.1 Å². The molecule has 0 atom stereocenters. The Balaban J connectivity index is 0.000000980. The highest BCUT2D eigenvalue weighted by Crippen LogP contribution is 2.18. The highest BCUT2D eigenvalue weighted by molar-refractivity contribution is 6.28. The molecule has 1 aromatic heterocycles. The van der Waals surface area contributed by atoms with E-state index in [1.54, 1.807) is 12.4 Å². The Bertz CT molecular complexity index is 321. The number of nitrogens with zero attached hydrogens (tertiary/aromatic N) is 2. The topological polar surface area (TPSA) is 37.8 Å². The molecule has 0 bridgehead atoms. The first kappa shape index (κ1) is 11.4. The van der Waals surface area contributed by atoms with Crippen LogP contribution in [0.2, 0.25) is 5.28 Å². The molecule has 0 saturated carbocycles. The molecule has 76 valence electrons. The number of rotatable bonds is 1. The van der Waals surface area contributed by atoms with E-state index in [0.29, 0.717) is 5.28 Å². The highest BCUT2D eigenvalue weighted by Gasteiger charge is 2.05. The fourth-order valence-electron chi connectivity index (χ4n) is 1.36. The van der Waals surface area contributed by atoms with Crippen LogP contribution in [0.4, 0.5) is 0 Å². The van der Waals surface area contributed by atoms with Gasteiger partial charge >= 0.3 is 0 Å². The lowest BCUT2D eigenvalue weighted by Gasteiger charge is -2.13. The van der Waals surface area contributed by atoms with Crippen LogP contribution in [0, 0.1) is 0 Å². The molecule has 0 spiro atoms. The van der Waals surface area contributed by atoms with E-state index in [-0.39, 0.29) is 12.4 Å². The second-order valence-corrected chi connectivity index (χ2v) is 3.26. The van der Waals surface area contributed by atoms with Gasteiger partial charge in [0.2, 0.25) is 5.28 Å². The maximum Gasteiger partial charge on any atom is 0.222 e. The minimum atomic E-state index is 0. The number of nitrogens with one attached hydrogen (secondary N) is 1. The van der Waals surface area contributed by atoms with Gasteiger partial charge in [-0.25, -0.2) is 9.97 Å². The Labute approximate surface area is 94.0 Å². The predicted octanol–water partition coefficient (Wildman–Crippen LogP) is 1.93. The Hall–Kier alpha value is -0.640. The molecule has 0 amide bonds. The molecule has 1 aliphatic rings. The second-order valence-electron chi connectivity index (χ2n) is 2.92. The first-order valence-corrected chi connectivity index (χ1v) is 4.62. The molecule has 5 heteroatoms. The van der Waals surface area contributed by atoms with Gasteiger partial charge in [0.15, 0.2) is 0 Å². The Morgan fingerprint density at radius 1 is 1.29 bits per heavy atom. The quantitative estimate of drug-likeness (QED) is 0.752. The van der Waals surface area contributed by atoms with Crippen LogP contribution in [0.1, 0.15) is 12.0 Å². The molecule has 0 saturated heterocycles. The molecule has 0 aromatic carbocycles. The van der Waals surface area contributed by atoms with Crippen molar-refractivity contribution in [2.45, 2.75) is 6.42 Å². The molecule has 0 aliphatic carbocycles. The summed E-state index contributed by atoms with van der Waals surface area (Å²) in [6.07, 6.45) is 6.74. The van der Waals surface area contributed by atoms with Gasteiger partial charge in [-0.1, -0.05) is 6.08 Å². The van der Waals surface area contributed by atoms with Gasteiger partial charge in [-0.15, -0.1) is 12.4 Å². The number of aromatic nitrogens is 2. The van der Waals surface area contributed by atoms with E-state index in [1.165, 1.54) is 5.57 Å². The Morgan fingerprint density at radius 2 is 2.00 bits per heavy atom. The van der Waals surface area contributed by atoms with Crippen molar-refractivity contribution in [2.24, 2.45) is 0 Å². The summed E-state index contributed by atoms with van der Waals surface area (Å²) in [5.74, 6) is 0. The van der Waals surface area contributed by atoms with Gasteiger partial charge < -0.3 is 5.32 Å². The Morgan fingerprint density at radius 3 is 2.57 bits per heavy atom. The van der Waals surface area contributed by atoms with E-state index in [4.69, 9.17) is 11.6 Å². The van der Waals surface area contributed by atoms with E-state index >= 15 is 0 Å². The zero-order valence-corrected chi connectivity index (χ0v) is 9.11. The van der Waals surface area contributed by atoms with Gasteiger partial charge in [-0.05, 0) is 30.1 Å². The predicted molar refractivity (Wildman–Crippen MR) is 59.8 cm³/mol. The molecule has 2 heterocycles. The molecule has 0 radical (unpaired) electrons. The first-order valence-electron chi connectivity index (χ1n) is 4.24. The van der Waals surface area contributed by atoms with Gasteiger partial charge in [0.1, 0.15) is 0 Å². The fourth-order valence-corrected chi connectivity index (χ4v) is 1.46. The minimum absolute atomic E-state index is 0. The van der Waals surface area contributed by atoms with Crippen molar-refractivity contribution < 1.29 is 0 Å². The molecule has 0 unspecified atom stereocenters. The normalized spacial score (nSPS) is 15.6. The van der Waals surface area contributed by atoms with E-state index in [0.717, 1.165) is 25.1 Å². The molecule has 3 nitrogen and oxygen atoms in total. The van der Waals surface area contributed by atoms with Crippen molar-refractivity contribution in [2.75, 3.05) is 13.1 Å². The molecular weight excluding hydrogens is 221 g/mol. The van der Waals surface area contributed by atoms with Gasteiger partial charge in [0.05, 0.1) is 0 Å². The van der Waals surface area contributed by atoms with Crippen molar-refractivity contribution in [1.82, 2.24) is 15.3 Å². The standard InChI is InChI=1S/C9H10ClN3.ClH/c10-9-12-5-8(6-13-9)7-1-3-11-4-2-7;/h1,5-6,11H,2-4H2;1H. The third-order valence-electron chi connectivity index (χ3n) is 2.06. The highest BCUT2D eigenvalue weighted by atomic mass is 35.5. The summed E-state index contributed by atoms with van der Waals surface area (Å²) in [7, 11) is 0. The van der Waals surface area contributed by atoms with Crippen molar-refractivity contribution >= 4 is 29.6 Å². The maximum absolute atomic E-state index is 5.60. The summed E-state index contributed by atoms with van der Waals surface area (Å²) in [5, 5.41) is 3.56. The zero-order valence-electron chi connectivity index (χ0n) is 7.53. The van der Waals surface area contributed by atoms with Crippen LogP contribution in [0.25, 0.3) is 5.57 Å². The van der Waals surface area contributed by atoms with Crippen LogP contribution in [0.5, 0.6) is 0 Å². The van der Waals surface area contributed by atoms with E-state index in [1.807, 2.05) is 0 Å². The van der Waals surface area contributed by atoms with Crippen molar-refractivity contribution in [3.63, 3.8) is 0 Å². The van der Waals surface area contributed by atoms with E-state index < -0.39 is 0 Å². The zero-order chi connectivity index (χ0) is 9.10. The monoisotopic (exact) mass is 231 g/mol. The van der Waals surface area contributed by atoms with Crippen LogP contribution >= 0.6 is 24.0 Å². The minimum Gasteiger partial charge on any atom is -0.313 e. The molecule has 0 fully saturated rings. The van der Waals surface area contributed by atoms with Crippen LogP contribution in [0.15, 0.2) is 18.5 Å². The van der Waals surface area contributed by atoms with Gasteiger partial charge in [-0.3, -0.25) is 0 Å². The molecule has 1 N–H and O–H groups in total. The number of halogens is 2. The largest absolute Gasteiger partial charge is 0.313 e. The van der Waals surface area contributed by atoms with Gasteiger partial charge in [0, 0.05) is 24.5 Å². The lowest BCUT2D eigenvalue weighted by molar-refractivity contribution is 0.738. The van der Waals surface area contributed by atoms with E-state index in [2.05, 4.69) is 21.4 Å². The second kappa shape index (κ2) is 5.29. The van der Waals surface area contributed by atoms with Crippen LogP contribution in [0.3, 0.4) is 0 Å². The average Bonchev–Trinajstić information content (AvgIpc) is 2.20. The molecule has 1 aromatic rings. The fraction of sp³-hybridized carbons (Fsp3) is 0.333. The SMILES string of the molecule is Cl.Clc1ncc(C2=CCNCC2)cn1. The Kier molecular flexibility index (Phi) is 4.32. The maximum atomic E-state index is 5.60. The summed E-state index contributed by atoms with van der Waals surface area (Å²) in [6.45, 7) is 1.95. The smallest absolute Gasteiger partial charge is 0.222 e. The number of hydrogen-bond acceptors (Lipinski definition) is 3. The summed E-state index contributed by atoms with van der Waals surface area (Å²) < 4.78 is 0. The third kappa shape index (κ3) is 2.67. The summed E-state index contributed by atoms with van der Waals surface area (Å²) >= 11 is 5.60. The van der Waals surface area contributed by atoms with Crippen LogP contribution in [-0.2, 0) is 0 Å². The molecular formula is C9H11Cl2N3. The molecule has 2 rings (SSSR count). The lowest BCUT2D eigenvalue weighted by atomic mass is 10.0. The summed E-state index contributed by atoms with van der Waals surface area (Å²) in [5.41, 5.74) is 2.38. The van der Waals surface area contributed by atoms with Crippen molar-refractivity contribution in [3.05, 3.63) is 29.3 Å². The third-order valence-corrected chi connectivity index (χ3v) is 2.25. The van der Waals surface area contributed by atoms with Crippen molar-refractivity contribution in [3.8, 4) is 0 Å². The van der Waals surface area contributed by atoms with Gasteiger partial charge in [0.25, 0.3) is 0 Å². The molecule has 1 aliphatic heterocycles. The molecule has 14 heavy (non-hydrogen) atoms. The van der Waals surface area contributed by atoms with Gasteiger partial charge in [-0.2, -0.15) is 0 Å². The first-order chi connectivity index (χ1) is 6.36. The lowest BCUT2D eigenvalue weighted by Crippen LogP contribution is -2.20. The summed E-state index contributed by atoms with van der Waals surface area (Å²) in [6, 6.07) is 0. The average molecular weight is 232 g/mol.